The van der Waals surface area contributed by atoms with Gasteiger partial charge in [0.2, 0.25) is 0 Å². The Morgan fingerprint density at radius 2 is 1.87 bits per heavy atom. The molecular formula is C23H23BrN2O5. The van der Waals surface area contributed by atoms with E-state index in [0.29, 0.717) is 41.4 Å². The van der Waals surface area contributed by atoms with Crippen molar-refractivity contribution >= 4 is 39.3 Å². The number of esters is 1. The number of ether oxygens (including phenoxy) is 2. The first-order valence-corrected chi connectivity index (χ1v) is 10.8. The highest BCUT2D eigenvalue weighted by Gasteiger charge is 2.27. The third-order valence-electron chi connectivity index (χ3n) is 4.52. The van der Waals surface area contributed by atoms with Crippen molar-refractivity contribution in [1.29, 1.82) is 0 Å². The molecule has 31 heavy (non-hydrogen) atoms. The maximum absolute atomic E-state index is 12.3. The van der Waals surface area contributed by atoms with Gasteiger partial charge in [0.05, 0.1) is 12.2 Å². The molecule has 1 heterocycles. The van der Waals surface area contributed by atoms with Gasteiger partial charge in [-0.05, 0) is 42.3 Å². The fraction of sp³-hybridized carbons (Fsp3) is 0.261. The van der Waals surface area contributed by atoms with Gasteiger partial charge < -0.3 is 14.8 Å². The third kappa shape index (κ3) is 5.52. The second kappa shape index (κ2) is 10.3. The van der Waals surface area contributed by atoms with E-state index in [-0.39, 0.29) is 12.4 Å². The van der Waals surface area contributed by atoms with Gasteiger partial charge in [0, 0.05) is 34.8 Å². The standard InChI is InChI=1S/C23H23BrN2O5/c1-3-9-30-19-8-5-14(10-20(19)31-21(27)4-2)12-25-13-18-17-11-15(24)6-7-16(17)22(28)26-23(18)29/h5-8,10-11,13,25H,3-4,9,12H2,1-2H3,(H,26,28,29). The number of carbonyl (C=O) groups is 3. The van der Waals surface area contributed by atoms with Crippen LogP contribution in [0.2, 0.25) is 0 Å². The number of benzene rings is 2. The predicted octanol–water partition coefficient (Wildman–Crippen LogP) is 3.95. The van der Waals surface area contributed by atoms with Crippen LogP contribution in [-0.4, -0.2) is 24.4 Å². The van der Waals surface area contributed by atoms with E-state index in [0.717, 1.165) is 16.5 Å². The molecule has 0 spiro atoms. The zero-order valence-electron chi connectivity index (χ0n) is 17.3. The Hall–Kier alpha value is -3.13. The van der Waals surface area contributed by atoms with Crippen molar-refractivity contribution in [2.75, 3.05) is 6.61 Å². The van der Waals surface area contributed by atoms with Gasteiger partial charge in [0.1, 0.15) is 0 Å². The maximum atomic E-state index is 12.3. The lowest BCUT2D eigenvalue weighted by atomic mass is 9.95. The lowest BCUT2D eigenvalue weighted by Gasteiger charge is -2.18. The maximum Gasteiger partial charge on any atom is 0.311 e. The first-order valence-electron chi connectivity index (χ1n) is 9.98. The highest BCUT2D eigenvalue weighted by Crippen LogP contribution is 2.30. The van der Waals surface area contributed by atoms with Crippen LogP contribution in [0.5, 0.6) is 11.5 Å². The van der Waals surface area contributed by atoms with Gasteiger partial charge in [0.25, 0.3) is 11.8 Å². The van der Waals surface area contributed by atoms with Crippen LogP contribution in [0.3, 0.4) is 0 Å². The monoisotopic (exact) mass is 486 g/mol. The molecule has 0 saturated heterocycles. The molecule has 162 valence electrons. The third-order valence-corrected chi connectivity index (χ3v) is 5.02. The van der Waals surface area contributed by atoms with Crippen LogP contribution >= 0.6 is 15.9 Å². The minimum absolute atomic E-state index is 0.255. The molecule has 0 fully saturated rings. The number of fused-ring (bicyclic) bond motifs is 1. The van der Waals surface area contributed by atoms with Crippen LogP contribution in [0.4, 0.5) is 0 Å². The smallest absolute Gasteiger partial charge is 0.311 e. The molecule has 0 bridgehead atoms. The van der Waals surface area contributed by atoms with Gasteiger partial charge in [-0.15, -0.1) is 0 Å². The van der Waals surface area contributed by atoms with Crippen LogP contribution in [0.1, 0.15) is 48.2 Å². The fourth-order valence-electron chi connectivity index (χ4n) is 2.98. The molecule has 0 unspecified atom stereocenters. The molecule has 8 heteroatoms. The van der Waals surface area contributed by atoms with Gasteiger partial charge in [0.15, 0.2) is 11.5 Å². The summed E-state index contributed by atoms with van der Waals surface area (Å²) in [5.74, 6) is -0.366. The summed E-state index contributed by atoms with van der Waals surface area (Å²) in [6.45, 7) is 4.61. The number of nitrogens with one attached hydrogen (secondary N) is 2. The van der Waals surface area contributed by atoms with E-state index in [2.05, 4.69) is 26.6 Å². The zero-order valence-corrected chi connectivity index (χ0v) is 18.9. The van der Waals surface area contributed by atoms with Crippen LogP contribution in [0.25, 0.3) is 5.57 Å². The normalized spacial score (nSPS) is 14.1. The number of rotatable bonds is 8. The van der Waals surface area contributed by atoms with Crippen molar-refractivity contribution in [3.63, 3.8) is 0 Å². The molecule has 0 aliphatic carbocycles. The molecule has 2 amide bonds. The van der Waals surface area contributed by atoms with Crippen molar-refractivity contribution < 1.29 is 23.9 Å². The summed E-state index contributed by atoms with van der Waals surface area (Å²) in [6.07, 6.45) is 2.66. The van der Waals surface area contributed by atoms with Gasteiger partial charge in [-0.25, -0.2) is 0 Å². The number of hydrogen-bond donors (Lipinski definition) is 2. The Labute approximate surface area is 188 Å². The van der Waals surface area contributed by atoms with E-state index in [1.165, 1.54) is 0 Å². The topological polar surface area (TPSA) is 93.7 Å². The Morgan fingerprint density at radius 1 is 1.06 bits per heavy atom. The Morgan fingerprint density at radius 3 is 2.61 bits per heavy atom. The Balaban J connectivity index is 1.80. The van der Waals surface area contributed by atoms with Crippen molar-refractivity contribution in [2.45, 2.75) is 33.2 Å². The summed E-state index contributed by atoms with van der Waals surface area (Å²) in [5, 5.41) is 5.45. The van der Waals surface area contributed by atoms with Gasteiger partial charge in [-0.2, -0.15) is 0 Å². The molecule has 2 N–H and O–H groups in total. The van der Waals surface area contributed by atoms with E-state index in [1.807, 2.05) is 13.0 Å². The molecular weight excluding hydrogens is 464 g/mol. The average Bonchev–Trinajstić information content (AvgIpc) is 2.75. The van der Waals surface area contributed by atoms with Crippen molar-refractivity contribution in [1.82, 2.24) is 10.6 Å². The number of hydrogen-bond acceptors (Lipinski definition) is 6. The second-order valence-corrected chi connectivity index (χ2v) is 7.78. The van der Waals surface area contributed by atoms with E-state index in [9.17, 15) is 14.4 Å². The van der Waals surface area contributed by atoms with Crippen molar-refractivity contribution in [3.8, 4) is 11.5 Å². The number of halogens is 1. The van der Waals surface area contributed by atoms with E-state index in [4.69, 9.17) is 9.47 Å². The highest BCUT2D eigenvalue weighted by molar-refractivity contribution is 9.10. The average molecular weight is 487 g/mol. The van der Waals surface area contributed by atoms with Crippen LogP contribution < -0.4 is 20.1 Å². The second-order valence-electron chi connectivity index (χ2n) is 6.87. The number of amides is 2. The summed E-state index contributed by atoms with van der Waals surface area (Å²) in [7, 11) is 0. The summed E-state index contributed by atoms with van der Waals surface area (Å²) >= 11 is 3.38. The molecule has 3 rings (SSSR count). The van der Waals surface area contributed by atoms with E-state index in [1.54, 1.807) is 43.5 Å². The zero-order chi connectivity index (χ0) is 22.4. The van der Waals surface area contributed by atoms with Crippen LogP contribution in [0.15, 0.2) is 47.1 Å². The van der Waals surface area contributed by atoms with E-state index >= 15 is 0 Å². The van der Waals surface area contributed by atoms with Gasteiger partial charge >= 0.3 is 5.97 Å². The van der Waals surface area contributed by atoms with Gasteiger partial charge in [-0.3, -0.25) is 19.7 Å². The molecule has 1 aliphatic rings. The van der Waals surface area contributed by atoms with E-state index < -0.39 is 11.8 Å². The Kier molecular flexibility index (Phi) is 7.46. The minimum Gasteiger partial charge on any atom is -0.490 e. The number of carbonyl (C=O) groups excluding carboxylic acids is 3. The van der Waals surface area contributed by atoms with Gasteiger partial charge in [-0.1, -0.05) is 35.8 Å². The molecule has 0 atom stereocenters. The molecule has 0 saturated carbocycles. The van der Waals surface area contributed by atoms with Crippen molar-refractivity contribution in [3.05, 3.63) is 63.8 Å². The summed E-state index contributed by atoms with van der Waals surface area (Å²) in [5.41, 5.74) is 2.18. The highest BCUT2D eigenvalue weighted by atomic mass is 79.9. The van der Waals surface area contributed by atoms with Crippen LogP contribution in [-0.2, 0) is 16.1 Å². The predicted molar refractivity (Wildman–Crippen MR) is 120 cm³/mol. The summed E-state index contributed by atoms with van der Waals surface area (Å²) in [4.78, 5) is 36.2. The molecule has 1 aliphatic heterocycles. The van der Waals surface area contributed by atoms with Crippen LogP contribution in [0, 0.1) is 0 Å². The molecule has 2 aromatic carbocycles. The number of imide groups is 1. The lowest BCUT2D eigenvalue weighted by Crippen LogP contribution is -2.37. The SMILES string of the molecule is CCCOc1ccc(CNC=C2C(=O)NC(=O)c3ccc(Br)cc32)cc1OC(=O)CC. The molecule has 0 radical (unpaired) electrons. The lowest BCUT2D eigenvalue weighted by molar-refractivity contribution is -0.134. The molecule has 7 nitrogen and oxygen atoms in total. The summed E-state index contributed by atoms with van der Waals surface area (Å²) < 4.78 is 11.8. The first-order chi connectivity index (χ1) is 14.9. The molecule has 0 aromatic heterocycles. The first kappa shape index (κ1) is 22.6. The largest absolute Gasteiger partial charge is 0.490 e. The Bertz CT molecular complexity index is 1050. The minimum atomic E-state index is -0.469. The quantitative estimate of drug-likeness (QED) is 0.254. The summed E-state index contributed by atoms with van der Waals surface area (Å²) in [6, 6.07) is 10.5. The fourth-order valence-corrected chi connectivity index (χ4v) is 3.34. The molecule has 2 aromatic rings. The van der Waals surface area contributed by atoms with Crippen molar-refractivity contribution in [2.24, 2.45) is 0 Å².